The van der Waals surface area contributed by atoms with Crippen LogP contribution in [0.3, 0.4) is 0 Å². The number of hydrogen-bond donors (Lipinski definition) is 0. The second kappa shape index (κ2) is 9.89. The molecule has 1 aromatic carbocycles. The lowest BCUT2D eigenvalue weighted by Gasteiger charge is -2.33. The minimum absolute atomic E-state index is 0.0639. The first-order valence-corrected chi connectivity index (χ1v) is 10.2. The van der Waals surface area contributed by atoms with Gasteiger partial charge in [0.25, 0.3) is 5.91 Å². The normalized spacial score (nSPS) is 16.7. The summed E-state index contributed by atoms with van der Waals surface area (Å²) in [5.41, 5.74) is 1.47. The predicted octanol–water partition coefficient (Wildman–Crippen LogP) is 2.54. The molecule has 1 fully saturated rings. The Kier molecular flexibility index (Phi) is 7.28. The van der Waals surface area contributed by atoms with Gasteiger partial charge < -0.3 is 14.5 Å². The van der Waals surface area contributed by atoms with Gasteiger partial charge in [-0.25, -0.2) is 0 Å². The highest BCUT2D eigenvalue weighted by atomic mass is 35.5. The van der Waals surface area contributed by atoms with Gasteiger partial charge >= 0.3 is 0 Å². The Labute approximate surface area is 176 Å². The Morgan fingerprint density at radius 3 is 2.90 bits per heavy atom. The molecule has 0 N–H and O–H groups in total. The van der Waals surface area contributed by atoms with E-state index in [0.29, 0.717) is 43.4 Å². The standard InChI is InChI=1S/C21H27ClN4O3/c1-24(10-11-29-2)20(27)17-7-5-9-25(13-17)21(28)18-12-23-26(15-18)14-16-6-3-4-8-19(16)22/h3-4,6,8,12,15,17H,5,7,9-11,13-14H2,1-2H3/t17-/m0/s1. The molecule has 2 heterocycles. The highest BCUT2D eigenvalue weighted by Crippen LogP contribution is 2.21. The number of amides is 2. The van der Waals surface area contributed by atoms with Gasteiger partial charge in [0.1, 0.15) is 0 Å². The van der Waals surface area contributed by atoms with Gasteiger partial charge in [0.05, 0.1) is 30.8 Å². The fourth-order valence-corrected chi connectivity index (χ4v) is 3.75. The maximum absolute atomic E-state index is 12.9. The maximum Gasteiger partial charge on any atom is 0.257 e. The zero-order chi connectivity index (χ0) is 20.8. The second-order valence-corrected chi connectivity index (χ2v) is 7.77. The monoisotopic (exact) mass is 418 g/mol. The number of nitrogens with zero attached hydrogens (tertiary/aromatic N) is 4. The Morgan fingerprint density at radius 2 is 2.14 bits per heavy atom. The predicted molar refractivity (Wildman–Crippen MR) is 111 cm³/mol. The van der Waals surface area contributed by atoms with Gasteiger partial charge in [-0.2, -0.15) is 5.10 Å². The van der Waals surface area contributed by atoms with Crippen molar-refractivity contribution in [3.05, 3.63) is 52.8 Å². The quantitative estimate of drug-likeness (QED) is 0.693. The van der Waals surface area contributed by atoms with Gasteiger partial charge in [-0.1, -0.05) is 29.8 Å². The lowest BCUT2D eigenvalue weighted by atomic mass is 9.96. The van der Waals surface area contributed by atoms with E-state index in [1.165, 1.54) is 0 Å². The molecule has 2 aromatic rings. The first-order valence-electron chi connectivity index (χ1n) is 9.78. The third-order valence-electron chi connectivity index (χ3n) is 5.24. The molecule has 1 atom stereocenters. The van der Waals surface area contributed by atoms with Crippen LogP contribution in [0.4, 0.5) is 0 Å². The van der Waals surface area contributed by atoms with Gasteiger partial charge in [0.2, 0.25) is 5.91 Å². The fraction of sp³-hybridized carbons (Fsp3) is 0.476. The van der Waals surface area contributed by atoms with Gasteiger partial charge in [0, 0.05) is 45.0 Å². The Hall–Kier alpha value is -2.38. The minimum atomic E-state index is -0.173. The van der Waals surface area contributed by atoms with E-state index >= 15 is 0 Å². The molecule has 2 amide bonds. The third-order valence-corrected chi connectivity index (χ3v) is 5.60. The molecule has 1 saturated heterocycles. The summed E-state index contributed by atoms with van der Waals surface area (Å²) in [6.07, 6.45) is 4.93. The minimum Gasteiger partial charge on any atom is -0.383 e. The molecule has 8 heteroatoms. The number of methoxy groups -OCH3 is 1. The van der Waals surface area contributed by atoms with Crippen molar-refractivity contribution in [2.75, 3.05) is 40.4 Å². The van der Waals surface area contributed by atoms with Gasteiger partial charge in [0.15, 0.2) is 0 Å². The molecule has 0 unspecified atom stereocenters. The van der Waals surface area contributed by atoms with E-state index in [0.717, 1.165) is 18.4 Å². The van der Waals surface area contributed by atoms with Crippen LogP contribution < -0.4 is 0 Å². The number of carbonyl (C=O) groups is 2. The first-order chi connectivity index (χ1) is 14.0. The van der Waals surface area contributed by atoms with Gasteiger partial charge in [-0.15, -0.1) is 0 Å². The van der Waals surface area contributed by atoms with E-state index in [1.807, 2.05) is 24.3 Å². The Bertz CT molecular complexity index is 854. The van der Waals surface area contributed by atoms with Crippen LogP contribution in [0, 0.1) is 5.92 Å². The summed E-state index contributed by atoms with van der Waals surface area (Å²) in [6.45, 7) is 2.64. The Morgan fingerprint density at radius 1 is 1.34 bits per heavy atom. The number of benzene rings is 1. The smallest absolute Gasteiger partial charge is 0.257 e. The fourth-order valence-electron chi connectivity index (χ4n) is 3.56. The number of piperidine rings is 1. The van der Waals surface area contributed by atoms with Crippen LogP contribution in [-0.2, 0) is 16.1 Å². The average molecular weight is 419 g/mol. The molecule has 7 nitrogen and oxygen atoms in total. The number of halogens is 1. The van der Waals surface area contributed by atoms with E-state index in [2.05, 4.69) is 5.10 Å². The summed E-state index contributed by atoms with van der Waals surface area (Å²) < 4.78 is 6.75. The van der Waals surface area contributed by atoms with Crippen LogP contribution in [0.1, 0.15) is 28.8 Å². The molecular weight excluding hydrogens is 392 g/mol. The van der Waals surface area contributed by atoms with E-state index in [4.69, 9.17) is 16.3 Å². The summed E-state index contributed by atoms with van der Waals surface area (Å²) in [6, 6.07) is 7.57. The molecule has 3 rings (SSSR count). The first kappa shape index (κ1) is 21.3. The van der Waals surface area contributed by atoms with Crippen molar-refractivity contribution < 1.29 is 14.3 Å². The molecule has 0 spiro atoms. The van der Waals surface area contributed by atoms with E-state index in [1.54, 1.807) is 41.0 Å². The van der Waals surface area contributed by atoms with Crippen molar-refractivity contribution in [1.29, 1.82) is 0 Å². The number of likely N-dealkylation sites (N-methyl/N-ethyl adjacent to an activating group) is 1. The summed E-state index contributed by atoms with van der Waals surface area (Å²) in [4.78, 5) is 29.0. The van der Waals surface area contributed by atoms with Crippen LogP contribution in [-0.4, -0.2) is 71.8 Å². The second-order valence-electron chi connectivity index (χ2n) is 7.36. The molecule has 0 aliphatic carbocycles. The number of likely N-dealkylation sites (tertiary alicyclic amines) is 1. The molecule has 1 aromatic heterocycles. The molecule has 29 heavy (non-hydrogen) atoms. The number of hydrogen-bond acceptors (Lipinski definition) is 4. The highest BCUT2D eigenvalue weighted by Gasteiger charge is 2.30. The molecule has 0 saturated carbocycles. The molecule has 0 radical (unpaired) electrons. The zero-order valence-corrected chi connectivity index (χ0v) is 17.6. The van der Waals surface area contributed by atoms with Crippen molar-refractivity contribution in [3.8, 4) is 0 Å². The van der Waals surface area contributed by atoms with Crippen molar-refractivity contribution in [1.82, 2.24) is 19.6 Å². The maximum atomic E-state index is 12.9. The van der Waals surface area contributed by atoms with Crippen molar-refractivity contribution in [3.63, 3.8) is 0 Å². The SMILES string of the molecule is COCCN(C)C(=O)[C@H]1CCCN(C(=O)c2cnn(Cc3ccccc3Cl)c2)C1. The summed E-state index contributed by atoms with van der Waals surface area (Å²) in [5, 5.41) is 4.98. The topological polar surface area (TPSA) is 67.7 Å². The van der Waals surface area contributed by atoms with Crippen molar-refractivity contribution in [2.45, 2.75) is 19.4 Å². The van der Waals surface area contributed by atoms with E-state index in [-0.39, 0.29) is 17.7 Å². The van der Waals surface area contributed by atoms with E-state index < -0.39 is 0 Å². The number of aromatic nitrogens is 2. The summed E-state index contributed by atoms with van der Waals surface area (Å²) in [5.74, 6) is -0.200. The van der Waals surface area contributed by atoms with Crippen molar-refractivity contribution >= 4 is 23.4 Å². The Balaban J connectivity index is 1.62. The highest BCUT2D eigenvalue weighted by molar-refractivity contribution is 6.31. The van der Waals surface area contributed by atoms with Gasteiger partial charge in [-0.3, -0.25) is 14.3 Å². The van der Waals surface area contributed by atoms with Crippen LogP contribution in [0.2, 0.25) is 5.02 Å². The molecule has 0 bridgehead atoms. The molecular formula is C21H27ClN4O3. The molecule has 1 aliphatic rings. The summed E-state index contributed by atoms with van der Waals surface area (Å²) >= 11 is 6.21. The van der Waals surface area contributed by atoms with Gasteiger partial charge in [-0.05, 0) is 24.5 Å². The third kappa shape index (κ3) is 5.36. The van der Waals surface area contributed by atoms with E-state index in [9.17, 15) is 9.59 Å². The van der Waals surface area contributed by atoms with Crippen molar-refractivity contribution in [2.24, 2.45) is 5.92 Å². The molecule has 156 valence electrons. The van der Waals surface area contributed by atoms with Crippen LogP contribution >= 0.6 is 11.6 Å². The van der Waals surface area contributed by atoms with Crippen LogP contribution in [0.5, 0.6) is 0 Å². The number of carbonyl (C=O) groups excluding carboxylic acids is 2. The van der Waals surface area contributed by atoms with Crippen LogP contribution in [0.15, 0.2) is 36.7 Å². The summed E-state index contributed by atoms with van der Waals surface area (Å²) in [7, 11) is 3.39. The molecule has 1 aliphatic heterocycles. The zero-order valence-electron chi connectivity index (χ0n) is 16.9. The lowest BCUT2D eigenvalue weighted by Crippen LogP contribution is -2.46. The number of ether oxygens (including phenoxy) is 1. The average Bonchev–Trinajstić information content (AvgIpc) is 3.21. The number of rotatable bonds is 7. The lowest BCUT2D eigenvalue weighted by molar-refractivity contribution is -0.136. The van der Waals surface area contributed by atoms with Crippen LogP contribution in [0.25, 0.3) is 0 Å². The largest absolute Gasteiger partial charge is 0.383 e.